The van der Waals surface area contributed by atoms with Gasteiger partial charge in [0.2, 0.25) is 0 Å². The van der Waals surface area contributed by atoms with Crippen LogP contribution in [0.4, 0.5) is 5.82 Å². The van der Waals surface area contributed by atoms with Crippen LogP contribution in [0.15, 0.2) is 12.1 Å². The minimum Gasteiger partial charge on any atom is -0.384 e. The zero-order valence-electron chi connectivity index (χ0n) is 10.7. The molecule has 1 fully saturated rings. The van der Waals surface area contributed by atoms with Crippen LogP contribution in [0.3, 0.4) is 0 Å². The normalized spacial score (nSPS) is 24.1. The Morgan fingerprint density at radius 2 is 2.17 bits per heavy atom. The number of pyridine rings is 1. The van der Waals surface area contributed by atoms with E-state index in [0.717, 1.165) is 19.5 Å². The number of carbonyl (C=O) groups is 1. The Morgan fingerprint density at radius 1 is 1.44 bits per heavy atom. The topological polar surface area (TPSA) is 59.2 Å². The van der Waals surface area contributed by atoms with Crippen LogP contribution >= 0.6 is 11.6 Å². The fourth-order valence-corrected chi connectivity index (χ4v) is 2.39. The van der Waals surface area contributed by atoms with Crippen molar-refractivity contribution < 1.29 is 4.79 Å². The van der Waals surface area contributed by atoms with Crippen molar-refractivity contribution in [3.8, 4) is 0 Å². The third-order valence-corrected chi connectivity index (χ3v) is 4.00. The molecule has 0 aromatic carbocycles. The molecule has 4 nitrogen and oxygen atoms in total. The van der Waals surface area contributed by atoms with Gasteiger partial charge in [0, 0.05) is 13.1 Å². The summed E-state index contributed by atoms with van der Waals surface area (Å²) in [5.41, 5.74) is 5.87. The van der Waals surface area contributed by atoms with Gasteiger partial charge in [-0.1, -0.05) is 25.4 Å². The number of hydrogen-bond donors (Lipinski definition) is 1. The maximum Gasteiger partial charge on any atom is 0.274 e. The molecule has 1 saturated heterocycles. The molecule has 0 bridgehead atoms. The van der Waals surface area contributed by atoms with Gasteiger partial charge >= 0.3 is 0 Å². The van der Waals surface area contributed by atoms with Crippen LogP contribution < -0.4 is 5.73 Å². The first-order valence-corrected chi connectivity index (χ1v) is 6.58. The van der Waals surface area contributed by atoms with Crippen molar-refractivity contribution in [2.45, 2.75) is 20.3 Å². The van der Waals surface area contributed by atoms with Crippen LogP contribution in [0.25, 0.3) is 0 Å². The Bertz CT molecular complexity index is 464. The summed E-state index contributed by atoms with van der Waals surface area (Å²) >= 11 is 6.01. The second kappa shape index (κ2) is 5.14. The molecule has 18 heavy (non-hydrogen) atoms. The largest absolute Gasteiger partial charge is 0.384 e. The van der Waals surface area contributed by atoms with Gasteiger partial charge in [-0.2, -0.15) is 0 Å². The van der Waals surface area contributed by atoms with E-state index in [4.69, 9.17) is 17.3 Å². The number of aromatic nitrogens is 1. The Labute approximate surface area is 112 Å². The number of carbonyl (C=O) groups excluding carboxylic acids is 1. The molecular weight excluding hydrogens is 250 g/mol. The number of nitrogen functional groups attached to an aromatic ring is 1. The lowest BCUT2D eigenvalue weighted by Gasteiger charge is -2.35. The van der Waals surface area contributed by atoms with Gasteiger partial charge in [0.25, 0.3) is 5.91 Å². The van der Waals surface area contributed by atoms with E-state index in [2.05, 4.69) is 18.8 Å². The van der Waals surface area contributed by atoms with E-state index in [1.165, 1.54) is 0 Å². The maximum absolute atomic E-state index is 12.3. The van der Waals surface area contributed by atoms with Crippen molar-refractivity contribution in [3.05, 3.63) is 22.8 Å². The van der Waals surface area contributed by atoms with Crippen molar-refractivity contribution in [3.63, 3.8) is 0 Å². The molecular formula is C13H18ClN3O. The van der Waals surface area contributed by atoms with Crippen LogP contribution in [0.5, 0.6) is 0 Å². The first kappa shape index (κ1) is 13.1. The summed E-state index contributed by atoms with van der Waals surface area (Å²) < 4.78 is 0. The number of anilines is 1. The fraction of sp³-hybridized carbons (Fsp3) is 0.538. The molecule has 0 saturated carbocycles. The first-order valence-electron chi connectivity index (χ1n) is 6.20. The second-order valence-electron chi connectivity index (χ2n) is 5.06. The summed E-state index contributed by atoms with van der Waals surface area (Å²) in [4.78, 5) is 18.2. The number of amides is 1. The second-order valence-corrected chi connectivity index (χ2v) is 5.47. The minimum atomic E-state index is -0.119. The average Bonchev–Trinajstić information content (AvgIpc) is 2.35. The van der Waals surface area contributed by atoms with E-state index in [0.29, 0.717) is 22.7 Å². The number of likely N-dealkylation sites (tertiary alicyclic amines) is 1. The molecule has 2 atom stereocenters. The van der Waals surface area contributed by atoms with Crippen LogP contribution in [0.2, 0.25) is 5.02 Å². The summed E-state index contributed by atoms with van der Waals surface area (Å²) in [5.74, 6) is 1.35. The highest BCUT2D eigenvalue weighted by molar-refractivity contribution is 6.33. The molecule has 2 heterocycles. The Balaban J connectivity index is 2.19. The van der Waals surface area contributed by atoms with E-state index in [1.54, 1.807) is 12.1 Å². The van der Waals surface area contributed by atoms with Crippen LogP contribution in [0.1, 0.15) is 30.8 Å². The lowest BCUT2D eigenvalue weighted by molar-refractivity contribution is 0.0622. The highest BCUT2D eigenvalue weighted by atomic mass is 35.5. The smallest absolute Gasteiger partial charge is 0.274 e. The summed E-state index contributed by atoms with van der Waals surface area (Å²) in [6.45, 7) is 5.90. The molecule has 5 heteroatoms. The first-order chi connectivity index (χ1) is 8.49. The average molecular weight is 268 g/mol. The molecule has 0 spiro atoms. The van der Waals surface area contributed by atoms with Gasteiger partial charge in [-0.15, -0.1) is 0 Å². The SMILES string of the molecule is CC1CCN(C(=O)c2nc(N)ccc2Cl)CC1C. The van der Waals surface area contributed by atoms with E-state index in [1.807, 2.05) is 4.90 Å². The van der Waals surface area contributed by atoms with Crippen molar-refractivity contribution in [2.75, 3.05) is 18.8 Å². The van der Waals surface area contributed by atoms with Gasteiger partial charge < -0.3 is 10.6 Å². The molecule has 1 amide bonds. The molecule has 2 unspecified atom stereocenters. The third kappa shape index (κ3) is 2.58. The Morgan fingerprint density at radius 3 is 2.83 bits per heavy atom. The standard InChI is InChI=1S/C13H18ClN3O/c1-8-5-6-17(7-9(8)2)13(18)12-10(14)3-4-11(15)16-12/h3-4,8-9H,5-7H2,1-2H3,(H2,15,16). The fourth-order valence-electron chi connectivity index (χ4n) is 2.20. The molecule has 1 aliphatic rings. The lowest BCUT2D eigenvalue weighted by atomic mass is 9.88. The summed E-state index contributed by atoms with van der Waals surface area (Å²) in [7, 11) is 0. The number of rotatable bonds is 1. The predicted molar refractivity (Wildman–Crippen MR) is 72.5 cm³/mol. The third-order valence-electron chi connectivity index (χ3n) is 3.69. The predicted octanol–water partition coefficient (Wildman–Crippen LogP) is 2.44. The minimum absolute atomic E-state index is 0.119. The highest BCUT2D eigenvalue weighted by Crippen LogP contribution is 2.25. The van der Waals surface area contributed by atoms with Gasteiger partial charge in [0.1, 0.15) is 11.5 Å². The van der Waals surface area contributed by atoms with E-state index >= 15 is 0 Å². The quantitative estimate of drug-likeness (QED) is 0.850. The van der Waals surface area contributed by atoms with E-state index in [9.17, 15) is 4.79 Å². The molecule has 1 aromatic rings. The highest BCUT2D eigenvalue weighted by Gasteiger charge is 2.28. The lowest BCUT2D eigenvalue weighted by Crippen LogP contribution is -2.42. The van der Waals surface area contributed by atoms with Gasteiger partial charge in [-0.25, -0.2) is 4.98 Å². The van der Waals surface area contributed by atoms with Crippen molar-refractivity contribution in [1.29, 1.82) is 0 Å². The van der Waals surface area contributed by atoms with Crippen LogP contribution in [-0.4, -0.2) is 28.9 Å². The molecule has 98 valence electrons. The van der Waals surface area contributed by atoms with Crippen molar-refractivity contribution in [1.82, 2.24) is 9.88 Å². The van der Waals surface area contributed by atoms with Crippen LogP contribution in [0, 0.1) is 11.8 Å². The summed E-state index contributed by atoms with van der Waals surface area (Å²) in [5, 5.41) is 0.362. The molecule has 2 rings (SSSR count). The van der Waals surface area contributed by atoms with E-state index in [-0.39, 0.29) is 11.6 Å². The van der Waals surface area contributed by atoms with Gasteiger partial charge in [-0.3, -0.25) is 4.79 Å². The molecule has 2 N–H and O–H groups in total. The van der Waals surface area contributed by atoms with Crippen molar-refractivity contribution >= 4 is 23.3 Å². The molecule has 0 aliphatic carbocycles. The zero-order chi connectivity index (χ0) is 13.3. The number of halogens is 1. The summed E-state index contributed by atoms with van der Waals surface area (Å²) in [6.07, 6.45) is 1.02. The number of nitrogens with zero attached hydrogens (tertiary/aromatic N) is 2. The number of hydrogen-bond acceptors (Lipinski definition) is 3. The zero-order valence-corrected chi connectivity index (χ0v) is 11.4. The van der Waals surface area contributed by atoms with Crippen LogP contribution in [-0.2, 0) is 0 Å². The number of nitrogens with two attached hydrogens (primary N) is 1. The Kier molecular flexibility index (Phi) is 3.76. The van der Waals surface area contributed by atoms with Gasteiger partial charge in [0.15, 0.2) is 0 Å². The number of piperidine rings is 1. The molecule has 1 aromatic heterocycles. The van der Waals surface area contributed by atoms with Gasteiger partial charge in [-0.05, 0) is 30.4 Å². The molecule has 1 aliphatic heterocycles. The maximum atomic E-state index is 12.3. The molecule has 0 radical (unpaired) electrons. The van der Waals surface area contributed by atoms with Gasteiger partial charge in [0.05, 0.1) is 5.02 Å². The van der Waals surface area contributed by atoms with E-state index < -0.39 is 0 Å². The summed E-state index contributed by atoms with van der Waals surface area (Å²) in [6, 6.07) is 3.22. The van der Waals surface area contributed by atoms with Crippen molar-refractivity contribution in [2.24, 2.45) is 11.8 Å². The monoisotopic (exact) mass is 267 g/mol. The Hall–Kier alpha value is -1.29.